The number of fused-ring (bicyclic) bond motifs is 1. The maximum Gasteiger partial charge on any atom is 0.269 e. The van der Waals surface area contributed by atoms with Crippen molar-refractivity contribution in [3.63, 3.8) is 0 Å². The molecule has 0 aliphatic carbocycles. The zero-order chi connectivity index (χ0) is 14.8. The second-order valence-electron chi connectivity index (χ2n) is 4.55. The highest BCUT2D eigenvalue weighted by molar-refractivity contribution is 5.79. The van der Waals surface area contributed by atoms with Gasteiger partial charge in [-0.15, -0.1) is 0 Å². The number of nitrogens with zero attached hydrogens (tertiary/aromatic N) is 4. The standard InChI is InChI=1S/C14H12N4O3/c1-17-9-16-12-5-6-15-14(13(12)17)21-8-10-3-2-4-11(7-10)18(19)20/h2-7,9H,8H2,1H3. The van der Waals surface area contributed by atoms with Crippen molar-refractivity contribution in [2.75, 3.05) is 0 Å². The zero-order valence-corrected chi connectivity index (χ0v) is 11.3. The van der Waals surface area contributed by atoms with Crippen LogP contribution in [0.3, 0.4) is 0 Å². The van der Waals surface area contributed by atoms with Crippen molar-refractivity contribution < 1.29 is 9.66 Å². The fourth-order valence-electron chi connectivity index (χ4n) is 2.08. The van der Waals surface area contributed by atoms with E-state index >= 15 is 0 Å². The lowest BCUT2D eigenvalue weighted by Gasteiger charge is -2.07. The van der Waals surface area contributed by atoms with Gasteiger partial charge in [0, 0.05) is 25.4 Å². The topological polar surface area (TPSA) is 83.1 Å². The molecule has 106 valence electrons. The normalized spacial score (nSPS) is 10.7. The summed E-state index contributed by atoms with van der Waals surface area (Å²) in [7, 11) is 1.86. The third kappa shape index (κ3) is 2.53. The summed E-state index contributed by atoms with van der Waals surface area (Å²) in [4.78, 5) is 18.7. The van der Waals surface area contributed by atoms with Crippen molar-refractivity contribution in [1.82, 2.24) is 14.5 Å². The fourth-order valence-corrected chi connectivity index (χ4v) is 2.08. The molecule has 2 aromatic heterocycles. The lowest BCUT2D eigenvalue weighted by Crippen LogP contribution is -2.00. The Morgan fingerprint density at radius 2 is 2.19 bits per heavy atom. The molecule has 3 rings (SSSR count). The first-order valence-corrected chi connectivity index (χ1v) is 6.27. The van der Waals surface area contributed by atoms with E-state index in [2.05, 4.69) is 9.97 Å². The number of rotatable bonds is 4. The van der Waals surface area contributed by atoms with Gasteiger partial charge < -0.3 is 9.30 Å². The average molecular weight is 284 g/mol. The van der Waals surface area contributed by atoms with E-state index in [9.17, 15) is 10.1 Å². The maximum atomic E-state index is 10.8. The summed E-state index contributed by atoms with van der Waals surface area (Å²) in [6.07, 6.45) is 3.31. The number of aryl methyl sites for hydroxylation is 1. The molecule has 2 heterocycles. The van der Waals surface area contributed by atoms with E-state index in [1.165, 1.54) is 12.1 Å². The van der Waals surface area contributed by atoms with E-state index < -0.39 is 4.92 Å². The summed E-state index contributed by atoms with van der Waals surface area (Å²) >= 11 is 0. The SMILES string of the molecule is Cn1cnc2ccnc(OCc3cccc([N+](=O)[O-])c3)c21. The second-order valence-corrected chi connectivity index (χ2v) is 4.55. The highest BCUT2D eigenvalue weighted by Gasteiger charge is 2.10. The summed E-state index contributed by atoms with van der Waals surface area (Å²) < 4.78 is 7.51. The van der Waals surface area contributed by atoms with Crippen molar-refractivity contribution in [3.8, 4) is 5.88 Å². The first-order chi connectivity index (χ1) is 10.1. The molecular weight excluding hydrogens is 272 g/mol. The molecule has 0 saturated heterocycles. The summed E-state index contributed by atoms with van der Waals surface area (Å²) in [6.45, 7) is 0.207. The monoisotopic (exact) mass is 284 g/mol. The van der Waals surface area contributed by atoms with E-state index in [0.717, 1.165) is 11.0 Å². The Bertz CT molecular complexity index is 813. The Hall–Kier alpha value is -2.96. The van der Waals surface area contributed by atoms with Crippen molar-refractivity contribution in [2.24, 2.45) is 7.05 Å². The number of hydrogen-bond donors (Lipinski definition) is 0. The van der Waals surface area contributed by atoms with E-state index in [1.54, 1.807) is 30.7 Å². The first kappa shape index (κ1) is 13.0. The molecule has 3 aromatic rings. The molecular formula is C14H12N4O3. The van der Waals surface area contributed by atoms with Gasteiger partial charge in [0.1, 0.15) is 12.1 Å². The molecule has 0 N–H and O–H groups in total. The Balaban J connectivity index is 1.85. The van der Waals surface area contributed by atoms with Crippen LogP contribution in [-0.4, -0.2) is 19.5 Å². The largest absolute Gasteiger partial charge is 0.471 e. The highest BCUT2D eigenvalue weighted by Crippen LogP contribution is 2.22. The van der Waals surface area contributed by atoms with Crippen LogP contribution >= 0.6 is 0 Å². The van der Waals surface area contributed by atoms with Crippen LogP contribution in [-0.2, 0) is 13.7 Å². The Labute approximate surface area is 120 Å². The number of pyridine rings is 1. The molecule has 0 unspecified atom stereocenters. The Morgan fingerprint density at radius 1 is 1.33 bits per heavy atom. The highest BCUT2D eigenvalue weighted by atomic mass is 16.6. The predicted molar refractivity (Wildman–Crippen MR) is 75.9 cm³/mol. The fraction of sp³-hybridized carbons (Fsp3) is 0.143. The van der Waals surface area contributed by atoms with Crippen molar-refractivity contribution in [3.05, 3.63) is 58.5 Å². The molecule has 1 aromatic carbocycles. The third-order valence-electron chi connectivity index (χ3n) is 3.09. The number of nitro groups is 1. The molecule has 0 aliphatic heterocycles. The van der Waals surface area contributed by atoms with Crippen LogP contribution in [0.5, 0.6) is 5.88 Å². The van der Waals surface area contributed by atoms with Gasteiger partial charge in [0.15, 0.2) is 0 Å². The minimum atomic E-state index is -0.427. The molecule has 21 heavy (non-hydrogen) atoms. The van der Waals surface area contributed by atoms with Crippen LogP contribution in [0.1, 0.15) is 5.56 Å². The van der Waals surface area contributed by atoms with E-state index in [-0.39, 0.29) is 12.3 Å². The van der Waals surface area contributed by atoms with E-state index in [0.29, 0.717) is 11.4 Å². The van der Waals surface area contributed by atoms with Crippen molar-refractivity contribution >= 4 is 16.7 Å². The van der Waals surface area contributed by atoms with Gasteiger partial charge in [-0.1, -0.05) is 12.1 Å². The molecule has 0 spiro atoms. The van der Waals surface area contributed by atoms with Gasteiger partial charge >= 0.3 is 0 Å². The molecule has 0 amide bonds. The van der Waals surface area contributed by atoms with Gasteiger partial charge in [-0.25, -0.2) is 9.97 Å². The Morgan fingerprint density at radius 3 is 3.00 bits per heavy atom. The number of ether oxygens (including phenoxy) is 1. The number of benzene rings is 1. The molecule has 7 nitrogen and oxygen atoms in total. The molecule has 0 fully saturated rings. The zero-order valence-electron chi connectivity index (χ0n) is 11.3. The Kier molecular flexibility index (Phi) is 3.23. The van der Waals surface area contributed by atoms with Gasteiger partial charge in [-0.2, -0.15) is 0 Å². The molecule has 0 saturated carbocycles. The average Bonchev–Trinajstić information content (AvgIpc) is 2.88. The second kappa shape index (κ2) is 5.20. The maximum absolute atomic E-state index is 10.8. The van der Waals surface area contributed by atoms with Gasteiger partial charge in [0.05, 0.1) is 16.8 Å². The van der Waals surface area contributed by atoms with Crippen molar-refractivity contribution in [1.29, 1.82) is 0 Å². The molecule has 0 aliphatic rings. The van der Waals surface area contributed by atoms with Crippen LogP contribution in [0, 0.1) is 10.1 Å². The van der Waals surface area contributed by atoms with E-state index in [1.807, 2.05) is 11.6 Å². The molecule has 0 bridgehead atoms. The number of non-ortho nitro benzene ring substituents is 1. The van der Waals surface area contributed by atoms with Crippen LogP contribution in [0.15, 0.2) is 42.9 Å². The van der Waals surface area contributed by atoms with Crippen molar-refractivity contribution in [2.45, 2.75) is 6.61 Å². The smallest absolute Gasteiger partial charge is 0.269 e. The van der Waals surface area contributed by atoms with Gasteiger partial charge in [-0.3, -0.25) is 10.1 Å². The third-order valence-corrected chi connectivity index (χ3v) is 3.09. The quantitative estimate of drug-likeness (QED) is 0.543. The van der Waals surface area contributed by atoms with Crippen LogP contribution in [0.4, 0.5) is 5.69 Å². The van der Waals surface area contributed by atoms with Gasteiger partial charge in [0.2, 0.25) is 5.88 Å². The minimum Gasteiger partial charge on any atom is -0.471 e. The van der Waals surface area contributed by atoms with E-state index in [4.69, 9.17) is 4.74 Å². The summed E-state index contributed by atoms with van der Waals surface area (Å²) in [5.74, 6) is 0.457. The summed E-state index contributed by atoms with van der Waals surface area (Å²) in [6, 6.07) is 8.15. The summed E-state index contributed by atoms with van der Waals surface area (Å²) in [5, 5.41) is 10.8. The molecule has 0 atom stereocenters. The number of imidazole rings is 1. The number of nitro benzene ring substituents is 1. The molecule has 7 heteroatoms. The van der Waals surface area contributed by atoms with Gasteiger partial charge in [-0.05, 0) is 11.6 Å². The minimum absolute atomic E-state index is 0.0443. The van der Waals surface area contributed by atoms with Crippen LogP contribution in [0.25, 0.3) is 11.0 Å². The molecule has 0 radical (unpaired) electrons. The predicted octanol–water partition coefficient (Wildman–Crippen LogP) is 2.46. The first-order valence-electron chi connectivity index (χ1n) is 6.27. The summed E-state index contributed by atoms with van der Waals surface area (Å²) in [5.41, 5.74) is 2.34. The van der Waals surface area contributed by atoms with Gasteiger partial charge in [0.25, 0.3) is 5.69 Å². The van der Waals surface area contributed by atoms with Crippen LogP contribution in [0.2, 0.25) is 0 Å². The lowest BCUT2D eigenvalue weighted by atomic mass is 10.2. The lowest BCUT2D eigenvalue weighted by molar-refractivity contribution is -0.384. The number of aromatic nitrogens is 3. The number of hydrogen-bond acceptors (Lipinski definition) is 5. The van der Waals surface area contributed by atoms with Crippen LogP contribution < -0.4 is 4.74 Å².